The van der Waals surface area contributed by atoms with Crippen LogP contribution < -0.4 is 9.80 Å². The van der Waals surface area contributed by atoms with Gasteiger partial charge in [-0.15, -0.1) is 0 Å². The highest BCUT2D eigenvalue weighted by molar-refractivity contribution is 6.08. The Balaban J connectivity index is 1.10. The molecule has 2 nitrogen and oxygen atoms in total. The summed E-state index contributed by atoms with van der Waals surface area (Å²) >= 11 is 0. The van der Waals surface area contributed by atoms with Gasteiger partial charge in [0.1, 0.15) is 0 Å². The first-order chi connectivity index (χ1) is 29.0. The van der Waals surface area contributed by atoms with E-state index in [9.17, 15) is 0 Å². The molecule has 0 saturated heterocycles. The van der Waals surface area contributed by atoms with Crippen LogP contribution in [0.3, 0.4) is 0 Å². The van der Waals surface area contributed by atoms with E-state index in [1.54, 1.807) is 0 Å². The quantitative estimate of drug-likeness (QED) is 0.167. The summed E-state index contributed by atoms with van der Waals surface area (Å²) in [5, 5.41) is 7.37. The molecular formula is C57H42N2. The zero-order valence-electron chi connectivity index (χ0n) is 33.2. The Morgan fingerprint density at radius 3 is 1.81 bits per heavy atom. The van der Waals surface area contributed by atoms with Crippen molar-refractivity contribution in [1.82, 2.24) is 0 Å². The van der Waals surface area contributed by atoms with Gasteiger partial charge in [-0.25, -0.2) is 0 Å². The molecule has 0 bridgehead atoms. The molecule has 10 aromatic carbocycles. The van der Waals surface area contributed by atoms with E-state index in [1.807, 2.05) is 0 Å². The van der Waals surface area contributed by atoms with Gasteiger partial charge in [0.25, 0.3) is 0 Å². The van der Waals surface area contributed by atoms with Gasteiger partial charge < -0.3 is 9.80 Å². The molecule has 0 aromatic heterocycles. The number of hydrogen-bond donors (Lipinski definition) is 0. The summed E-state index contributed by atoms with van der Waals surface area (Å²) in [7, 11) is 0. The molecule has 0 aliphatic carbocycles. The van der Waals surface area contributed by atoms with Crippen LogP contribution in [0.5, 0.6) is 0 Å². The van der Waals surface area contributed by atoms with Crippen molar-refractivity contribution in [3.8, 4) is 22.3 Å². The van der Waals surface area contributed by atoms with E-state index in [1.165, 1.54) is 82.8 Å². The fourth-order valence-electron chi connectivity index (χ4n) is 9.44. The molecule has 0 saturated carbocycles. The van der Waals surface area contributed by atoms with Gasteiger partial charge in [-0.05, 0) is 104 Å². The van der Waals surface area contributed by atoms with Crippen LogP contribution in [0.25, 0.3) is 54.6 Å². The summed E-state index contributed by atoms with van der Waals surface area (Å²) in [5.41, 5.74) is 14.1. The van der Waals surface area contributed by atoms with Crippen molar-refractivity contribution in [3.05, 3.63) is 230 Å². The lowest BCUT2D eigenvalue weighted by Crippen LogP contribution is -2.31. The second-order valence-electron chi connectivity index (χ2n) is 16.2. The van der Waals surface area contributed by atoms with Gasteiger partial charge in [0.15, 0.2) is 0 Å². The molecule has 280 valence electrons. The number of nitrogens with zero attached hydrogens (tertiary/aromatic N) is 2. The average molecular weight is 755 g/mol. The van der Waals surface area contributed by atoms with Crippen LogP contribution in [0.4, 0.5) is 34.1 Å². The van der Waals surface area contributed by atoms with Gasteiger partial charge in [-0.2, -0.15) is 0 Å². The van der Waals surface area contributed by atoms with Gasteiger partial charge in [-0.3, -0.25) is 0 Å². The molecule has 1 aliphatic heterocycles. The molecule has 0 atom stereocenters. The van der Waals surface area contributed by atoms with Crippen LogP contribution in [-0.4, -0.2) is 0 Å². The molecule has 1 aliphatic rings. The standard InChI is InChI=1S/C57H42N2/c1-57(2)51-27-12-13-28-54(51)59(56-49-26-11-9-18-41(49)32-34-50(56)45-31-30-39-16-6-7-19-42(39)36-45)55-35-33-44(38-52(55)57)43-21-14-24-47(37-43)58(46-22-4-3-5-23-46)53-29-15-20-40-17-8-10-25-48(40)53/h3-38H,1-2H3. The van der Waals surface area contributed by atoms with Crippen molar-refractivity contribution in [2.24, 2.45) is 0 Å². The minimum absolute atomic E-state index is 0.261. The fraction of sp³-hybridized carbons (Fsp3) is 0.0526. The lowest BCUT2D eigenvalue weighted by molar-refractivity contribution is 0.632. The summed E-state index contributed by atoms with van der Waals surface area (Å²) in [5.74, 6) is 0. The number of benzene rings is 10. The van der Waals surface area contributed by atoms with Crippen LogP contribution in [0, 0.1) is 0 Å². The Kier molecular flexibility index (Phi) is 8.20. The van der Waals surface area contributed by atoms with E-state index in [2.05, 4.69) is 242 Å². The highest BCUT2D eigenvalue weighted by Gasteiger charge is 2.38. The normalized spacial score (nSPS) is 13.0. The molecule has 59 heavy (non-hydrogen) atoms. The molecular weight excluding hydrogens is 713 g/mol. The Morgan fingerprint density at radius 2 is 0.966 bits per heavy atom. The van der Waals surface area contributed by atoms with Gasteiger partial charge in [0, 0.05) is 33.1 Å². The molecule has 10 aromatic rings. The van der Waals surface area contributed by atoms with Crippen molar-refractivity contribution in [1.29, 1.82) is 0 Å². The van der Waals surface area contributed by atoms with E-state index in [0.29, 0.717) is 0 Å². The van der Waals surface area contributed by atoms with Crippen molar-refractivity contribution >= 4 is 66.4 Å². The molecule has 1 heterocycles. The van der Waals surface area contributed by atoms with Gasteiger partial charge in [0.05, 0.1) is 22.7 Å². The predicted molar refractivity (Wildman–Crippen MR) is 251 cm³/mol. The summed E-state index contributed by atoms with van der Waals surface area (Å²) in [6, 6.07) is 80.0. The van der Waals surface area contributed by atoms with Crippen LogP contribution in [0.1, 0.15) is 25.0 Å². The molecule has 0 unspecified atom stereocenters. The highest BCUT2D eigenvalue weighted by Crippen LogP contribution is 2.55. The number of anilines is 6. The van der Waals surface area contributed by atoms with E-state index >= 15 is 0 Å². The Bertz CT molecular complexity index is 3210. The maximum Gasteiger partial charge on any atom is 0.0618 e. The number of hydrogen-bond acceptors (Lipinski definition) is 2. The first-order valence-electron chi connectivity index (χ1n) is 20.5. The number of para-hydroxylation sites is 2. The molecule has 0 N–H and O–H groups in total. The molecule has 0 spiro atoms. The van der Waals surface area contributed by atoms with Crippen LogP contribution in [0.15, 0.2) is 218 Å². The zero-order valence-corrected chi connectivity index (χ0v) is 33.2. The van der Waals surface area contributed by atoms with Crippen LogP contribution >= 0.6 is 0 Å². The topological polar surface area (TPSA) is 6.48 Å². The number of rotatable bonds is 6. The maximum atomic E-state index is 2.54. The van der Waals surface area contributed by atoms with Crippen molar-refractivity contribution in [2.45, 2.75) is 19.3 Å². The first-order valence-corrected chi connectivity index (χ1v) is 20.5. The summed E-state index contributed by atoms with van der Waals surface area (Å²) < 4.78 is 0. The van der Waals surface area contributed by atoms with E-state index in [0.717, 1.165) is 17.1 Å². The van der Waals surface area contributed by atoms with Crippen molar-refractivity contribution in [2.75, 3.05) is 9.80 Å². The summed E-state index contributed by atoms with van der Waals surface area (Å²) in [4.78, 5) is 4.93. The molecule has 0 radical (unpaired) electrons. The summed E-state index contributed by atoms with van der Waals surface area (Å²) in [6.45, 7) is 4.76. The molecule has 0 amide bonds. The lowest BCUT2D eigenvalue weighted by Gasteiger charge is -2.43. The first kappa shape index (κ1) is 34.8. The van der Waals surface area contributed by atoms with Crippen LogP contribution in [-0.2, 0) is 5.41 Å². The third-order valence-corrected chi connectivity index (χ3v) is 12.4. The summed E-state index contributed by atoms with van der Waals surface area (Å²) in [6.07, 6.45) is 0. The zero-order chi connectivity index (χ0) is 39.5. The van der Waals surface area contributed by atoms with Crippen LogP contribution in [0.2, 0.25) is 0 Å². The molecule has 0 fully saturated rings. The Hall–Kier alpha value is -7.42. The molecule has 2 heteroatoms. The van der Waals surface area contributed by atoms with E-state index < -0.39 is 0 Å². The van der Waals surface area contributed by atoms with Gasteiger partial charge in [0.2, 0.25) is 0 Å². The molecule has 11 rings (SSSR count). The lowest BCUT2D eigenvalue weighted by atomic mass is 9.72. The van der Waals surface area contributed by atoms with Crippen molar-refractivity contribution in [3.63, 3.8) is 0 Å². The average Bonchev–Trinajstić information content (AvgIpc) is 3.29. The van der Waals surface area contributed by atoms with E-state index in [4.69, 9.17) is 0 Å². The minimum atomic E-state index is -0.261. The third kappa shape index (κ3) is 5.79. The van der Waals surface area contributed by atoms with E-state index in [-0.39, 0.29) is 5.41 Å². The fourth-order valence-corrected chi connectivity index (χ4v) is 9.44. The van der Waals surface area contributed by atoms with Crippen molar-refractivity contribution < 1.29 is 0 Å². The largest absolute Gasteiger partial charge is 0.310 e. The smallest absolute Gasteiger partial charge is 0.0618 e. The monoisotopic (exact) mass is 754 g/mol. The maximum absolute atomic E-state index is 2.54. The predicted octanol–water partition coefficient (Wildman–Crippen LogP) is 16.1. The second-order valence-corrected chi connectivity index (χ2v) is 16.2. The highest BCUT2D eigenvalue weighted by atomic mass is 15.2. The van der Waals surface area contributed by atoms with Gasteiger partial charge in [-0.1, -0.05) is 178 Å². The third-order valence-electron chi connectivity index (χ3n) is 12.4. The van der Waals surface area contributed by atoms with Gasteiger partial charge >= 0.3 is 0 Å². The Labute approximate surface area is 345 Å². The SMILES string of the molecule is CC1(C)c2ccccc2N(c2c(-c3ccc4ccccc4c3)ccc3ccccc23)c2ccc(-c3cccc(N(c4ccccc4)c4cccc5ccccc45)c3)cc21. The Morgan fingerprint density at radius 1 is 0.373 bits per heavy atom. The second kappa shape index (κ2) is 13.9. The minimum Gasteiger partial charge on any atom is -0.310 e. The number of fused-ring (bicyclic) bond motifs is 5.